The van der Waals surface area contributed by atoms with Crippen molar-refractivity contribution in [2.24, 2.45) is 0 Å². The molecule has 1 aromatic heterocycles. The second kappa shape index (κ2) is 11.5. The molecule has 206 valence electrons. The molecule has 0 saturated heterocycles. The van der Waals surface area contributed by atoms with E-state index in [9.17, 15) is 4.79 Å². The van der Waals surface area contributed by atoms with E-state index in [1.807, 2.05) is 41.7 Å². The van der Waals surface area contributed by atoms with Crippen molar-refractivity contribution in [2.45, 2.75) is 65.9 Å². The van der Waals surface area contributed by atoms with Crippen LogP contribution in [0.3, 0.4) is 0 Å². The number of thiophene rings is 1. The number of benzene rings is 4. The fraction of sp³-hybridized carbons (Fsp3) is 0.306. The van der Waals surface area contributed by atoms with Crippen LogP contribution < -0.4 is 4.74 Å². The van der Waals surface area contributed by atoms with Gasteiger partial charge in [-0.1, -0.05) is 82.3 Å². The standard InChI is InChI=1S/C36H38O3S/c1-21(2)29-18-27(34-28-16-12-11-15-26(28)20-32-33(34)23(5)24(6)40-32)19-30(22(3)4)35(29)39-31(36(37)38-7)17-25-13-9-8-10-14-25/h8-16,18-22,31H,17H2,1-7H3/t31-/m1/s1. The molecule has 0 radical (unpaired) electrons. The molecule has 3 nitrogen and oxygen atoms in total. The molecular formula is C36H38O3S. The van der Waals surface area contributed by atoms with Crippen molar-refractivity contribution in [2.75, 3.05) is 7.11 Å². The third kappa shape index (κ3) is 5.25. The Labute approximate surface area is 241 Å². The second-order valence-corrected chi connectivity index (χ2v) is 12.5. The van der Waals surface area contributed by atoms with Gasteiger partial charge in [-0.25, -0.2) is 4.79 Å². The fourth-order valence-corrected chi connectivity index (χ4v) is 6.71. The summed E-state index contributed by atoms with van der Waals surface area (Å²) in [5, 5.41) is 3.83. The number of hydrogen-bond acceptors (Lipinski definition) is 4. The van der Waals surface area contributed by atoms with Crippen LogP contribution in [0.5, 0.6) is 5.75 Å². The summed E-state index contributed by atoms with van der Waals surface area (Å²) in [4.78, 5) is 14.3. The summed E-state index contributed by atoms with van der Waals surface area (Å²) in [7, 11) is 1.43. The molecule has 0 unspecified atom stereocenters. The zero-order chi connectivity index (χ0) is 28.6. The topological polar surface area (TPSA) is 35.5 Å². The molecular weight excluding hydrogens is 512 g/mol. The van der Waals surface area contributed by atoms with E-state index in [0.29, 0.717) is 6.42 Å². The van der Waals surface area contributed by atoms with Gasteiger partial charge in [-0.2, -0.15) is 0 Å². The highest BCUT2D eigenvalue weighted by Gasteiger charge is 2.27. The van der Waals surface area contributed by atoms with E-state index >= 15 is 0 Å². The van der Waals surface area contributed by atoms with Crippen molar-refractivity contribution < 1.29 is 14.3 Å². The summed E-state index contributed by atoms with van der Waals surface area (Å²) in [5.74, 6) is 0.823. The Morgan fingerprint density at radius 1 is 0.850 bits per heavy atom. The van der Waals surface area contributed by atoms with Crippen LogP contribution in [0.15, 0.2) is 72.8 Å². The van der Waals surface area contributed by atoms with Gasteiger partial charge in [0.15, 0.2) is 6.10 Å². The van der Waals surface area contributed by atoms with Crippen LogP contribution >= 0.6 is 11.3 Å². The Hall–Kier alpha value is -3.63. The molecule has 0 aliphatic rings. The number of fused-ring (bicyclic) bond motifs is 2. The first-order valence-electron chi connectivity index (χ1n) is 14.1. The minimum atomic E-state index is -0.737. The lowest BCUT2D eigenvalue weighted by Crippen LogP contribution is -2.31. The molecule has 0 N–H and O–H groups in total. The predicted octanol–water partition coefficient (Wildman–Crippen LogP) is 9.75. The van der Waals surface area contributed by atoms with Gasteiger partial charge >= 0.3 is 5.97 Å². The summed E-state index contributed by atoms with van der Waals surface area (Å²) < 4.78 is 13.2. The maximum absolute atomic E-state index is 13.0. The number of carbonyl (C=O) groups excluding carboxylic acids is 1. The van der Waals surface area contributed by atoms with E-state index in [0.717, 1.165) is 22.4 Å². The molecule has 0 bridgehead atoms. The van der Waals surface area contributed by atoms with Crippen molar-refractivity contribution in [1.29, 1.82) is 0 Å². The maximum Gasteiger partial charge on any atom is 0.347 e. The highest BCUT2D eigenvalue weighted by Crippen LogP contribution is 2.46. The van der Waals surface area contributed by atoms with E-state index in [1.54, 1.807) is 0 Å². The molecule has 40 heavy (non-hydrogen) atoms. The molecule has 0 saturated carbocycles. The van der Waals surface area contributed by atoms with Gasteiger partial charge < -0.3 is 9.47 Å². The number of esters is 1. The number of rotatable bonds is 8. The predicted molar refractivity (Wildman–Crippen MR) is 169 cm³/mol. The summed E-state index contributed by atoms with van der Waals surface area (Å²) in [5.41, 5.74) is 7.06. The van der Waals surface area contributed by atoms with Gasteiger partial charge in [-0.15, -0.1) is 11.3 Å². The van der Waals surface area contributed by atoms with Gasteiger partial charge in [0, 0.05) is 21.4 Å². The Kier molecular flexibility index (Phi) is 8.00. The normalized spacial score (nSPS) is 12.4. The van der Waals surface area contributed by atoms with Crippen LogP contribution in [-0.2, 0) is 16.0 Å². The lowest BCUT2D eigenvalue weighted by Gasteiger charge is -2.26. The molecule has 4 aromatic carbocycles. The van der Waals surface area contributed by atoms with E-state index in [1.165, 1.54) is 49.5 Å². The summed E-state index contributed by atoms with van der Waals surface area (Å²) in [6.07, 6.45) is -0.291. The van der Waals surface area contributed by atoms with Gasteiger partial charge in [0.2, 0.25) is 0 Å². The molecule has 0 aliphatic carbocycles. The molecule has 4 heteroatoms. The van der Waals surface area contributed by atoms with Crippen LogP contribution in [0.2, 0.25) is 0 Å². The zero-order valence-electron chi connectivity index (χ0n) is 24.5. The van der Waals surface area contributed by atoms with E-state index in [-0.39, 0.29) is 17.8 Å². The first-order valence-corrected chi connectivity index (χ1v) is 14.9. The SMILES string of the molecule is COC(=O)[C@@H](Cc1ccccc1)Oc1c(C(C)C)cc(-c2c3ccccc3cc3sc(C)c(C)c23)cc1C(C)C. The molecule has 0 aliphatic heterocycles. The van der Waals surface area contributed by atoms with Crippen LogP contribution in [-0.4, -0.2) is 19.2 Å². The number of methoxy groups -OCH3 is 1. The molecule has 5 rings (SSSR count). The number of aryl methyl sites for hydroxylation is 2. The monoisotopic (exact) mass is 550 g/mol. The highest BCUT2D eigenvalue weighted by atomic mass is 32.1. The molecule has 1 heterocycles. The zero-order valence-corrected chi connectivity index (χ0v) is 25.3. The molecule has 0 amide bonds. The van der Waals surface area contributed by atoms with Crippen LogP contribution in [0.25, 0.3) is 32.0 Å². The van der Waals surface area contributed by atoms with Gasteiger partial charge in [-0.3, -0.25) is 0 Å². The van der Waals surface area contributed by atoms with Crippen molar-refractivity contribution in [3.8, 4) is 16.9 Å². The first-order chi connectivity index (χ1) is 19.2. The minimum Gasteiger partial charge on any atom is -0.478 e. The maximum atomic E-state index is 13.0. The minimum absolute atomic E-state index is 0.193. The van der Waals surface area contributed by atoms with Gasteiger partial charge in [0.1, 0.15) is 5.75 Å². The average molecular weight is 551 g/mol. The Morgan fingerprint density at radius 3 is 2.10 bits per heavy atom. The van der Waals surface area contributed by atoms with Crippen molar-refractivity contribution in [3.63, 3.8) is 0 Å². The van der Waals surface area contributed by atoms with Crippen LogP contribution in [0, 0.1) is 13.8 Å². The van der Waals surface area contributed by atoms with Crippen molar-refractivity contribution in [3.05, 3.63) is 99.9 Å². The lowest BCUT2D eigenvalue weighted by molar-refractivity contribution is -0.148. The van der Waals surface area contributed by atoms with Crippen LogP contribution in [0.4, 0.5) is 0 Å². The third-order valence-electron chi connectivity index (χ3n) is 7.85. The Morgan fingerprint density at radius 2 is 1.48 bits per heavy atom. The van der Waals surface area contributed by atoms with E-state index in [4.69, 9.17) is 9.47 Å². The van der Waals surface area contributed by atoms with Crippen molar-refractivity contribution in [1.82, 2.24) is 0 Å². The molecule has 0 fully saturated rings. The summed E-state index contributed by atoms with van der Waals surface area (Å²) in [6, 6.07) is 25.6. The lowest BCUT2D eigenvalue weighted by atomic mass is 9.86. The first kappa shape index (κ1) is 27.9. The fourth-order valence-electron chi connectivity index (χ4n) is 5.58. The van der Waals surface area contributed by atoms with Gasteiger partial charge in [0.25, 0.3) is 0 Å². The summed E-state index contributed by atoms with van der Waals surface area (Å²) >= 11 is 1.87. The van der Waals surface area contributed by atoms with Crippen LogP contribution in [0.1, 0.15) is 66.7 Å². The number of hydrogen-bond donors (Lipinski definition) is 0. The Balaban J connectivity index is 1.74. The largest absolute Gasteiger partial charge is 0.478 e. The van der Waals surface area contributed by atoms with Crippen molar-refractivity contribution >= 4 is 38.2 Å². The molecule has 5 aromatic rings. The van der Waals surface area contributed by atoms with Gasteiger partial charge in [-0.05, 0) is 88.0 Å². The van der Waals surface area contributed by atoms with Gasteiger partial charge in [0.05, 0.1) is 7.11 Å². The highest BCUT2D eigenvalue weighted by molar-refractivity contribution is 7.19. The summed E-state index contributed by atoms with van der Waals surface area (Å²) in [6.45, 7) is 13.2. The third-order valence-corrected chi connectivity index (χ3v) is 9.00. The Bertz CT molecular complexity index is 1650. The second-order valence-electron chi connectivity index (χ2n) is 11.2. The molecule has 1 atom stereocenters. The van der Waals surface area contributed by atoms with E-state index < -0.39 is 6.10 Å². The van der Waals surface area contributed by atoms with E-state index in [2.05, 4.69) is 84.0 Å². The molecule has 0 spiro atoms. The average Bonchev–Trinajstić information content (AvgIpc) is 3.23. The number of ether oxygens (including phenoxy) is 2. The quantitative estimate of drug-likeness (QED) is 0.180. The smallest absolute Gasteiger partial charge is 0.347 e. The number of carbonyl (C=O) groups is 1.